The van der Waals surface area contributed by atoms with Crippen LogP contribution in [0.2, 0.25) is 0 Å². The molecule has 0 fully saturated rings. The summed E-state index contributed by atoms with van der Waals surface area (Å²) in [5.74, 6) is -0.798. The van der Waals surface area contributed by atoms with Crippen LogP contribution in [0, 0.1) is 6.92 Å². The van der Waals surface area contributed by atoms with Gasteiger partial charge < -0.3 is 10.6 Å². The highest BCUT2D eigenvalue weighted by Gasteiger charge is 2.20. The standard InChI is InChI=1S/C24H20N4O4S/c1-14-20-23(33-21(14)22(31)27-17-6-4-3-5-7-17)25-13-28(24(20)32)12-19(30)16-8-10-18(11-9-16)26-15(2)29/h3-11,13H,12H2,1-2H3,(H,26,29)(H,27,31). The highest BCUT2D eigenvalue weighted by molar-refractivity contribution is 7.20. The molecule has 2 aromatic heterocycles. The van der Waals surface area contributed by atoms with Crippen molar-refractivity contribution in [1.29, 1.82) is 0 Å². The molecule has 9 heteroatoms. The summed E-state index contributed by atoms with van der Waals surface area (Å²) >= 11 is 1.14. The lowest BCUT2D eigenvalue weighted by Crippen LogP contribution is -2.24. The van der Waals surface area contributed by atoms with Crippen molar-refractivity contribution in [3.8, 4) is 0 Å². The molecule has 0 radical (unpaired) electrons. The van der Waals surface area contributed by atoms with Crippen LogP contribution in [0.15, 0.2) is 65.7 Å². The second-order valence-electron chi connectivity index (χ2n) is 7.42. The van der Waals surface area contributed by atoms with Gasteiger partial charge in [-0.3, -0.25) is 23.7 Å². The Bertz CT molecular complexity index is 1420. The average Bonchev–Trinajstić information content (AvgIpc) is 3.13. The van der Waals surface area contributed by atoms with Crippen molar-refractivity contribution in [2.24, 2.45) is 0 Å². The third-order valence-corrected chi connectivity index (χ3v) is 6.19. The number of carbonyl (C=O) groups is 3. The summed E-state index contributed by atoms with van der Waals surface area (Å²) in [6, 6.07) is 15.5. The number of hydrogen-bond acceptors (Lipinski definition) is 6. The maximum atomic E-state index is 13.1. The molecule has 0 aliphatic heterocycles. The minimum Gasteiger partial charge on any atom is -0.326 e. The van der Waals surface area contributed by atoms with E-state index >= 15 is 0 Å². The Morgan fingerprint density at radius 3 is 2.30 bits per heavy atom. The van der Waals surface area contributed by atoms with Crippen molar-refractivity contribution in [2.75, 3.05) is 10.6 Å². The third kappa shape index (κ3) is 4.73. The summed E-state index contributed by atoms with van der Waals surface area (Å²) in [6.45, 7) is 2.91. The van der Waals surface area contributed by atoms with Gasteiger partial charge in [-0.05, 0) is 48.9 Å². The topological polar surface area (TPSA) is 110 Å². The predicted octanol–water partition coefficient (Wildman–Crippen LogP) is 3.86. The van der Waals surface area contributed by atoms with E-state index in [1.807, 2.05) is 18.2 Å². The quantitative estimate of drug-likeness (QED) is 0.425. The van der Waals surface area contributed by atoms with E-state index in [-0.39, 0.29) is 29.7 Å². The van der Waals surface area contributed by atoms with Gasteiger partial charge in [-0.2, -0.15) is 0 Å². The summed E-state index contributed by atoms with van der Waals surface area (Å²) < 4.78 is 1.24. The normalized spacial score (nSPS) is 10.7. The van der Waals surface area contributed by atoms with Gasteiger partial charge in [0.15, 0.2) is 5.78 Å². The Labute approximate surface area is 192 Å². The first-order valence-electron chi connectivity index (χ1n) is 10.1. The number of nitrogens with one attached hydrogen (secondary N) is 2. The molecule has 4 aromatic rings. The number of nitrogens with zero attached hydrogens (tertiary/aromatic N) is 2. The number of thiophene rings is 1. The monoisotopic (exact) mass is 460 g/mol. The van der Waals surface area contributed by atoms with Gasteiger partial charge in [0.2, 0.25) is 5.91 Å². The number of anilines is 2. The zero-order valence-electron chi connectivity index (χ0n) is 17.9. The van der Waals surface area contributed by atoms with Crippen molar-refractivity contribution in [2.45, 2.75) is 20.4 Å². The summed E-state index contributed by atoms with van der Waals surface area (Å²) in [4.78, 5) is 54.8. The first-order valence-corrected chi connectivity index (χ1v) is 10.9. The molecular weight excluding hydrogens is 440 g/mol. The Balaban J connectivity index is 1.58. The number of Topliss-reactive ketones (excluding diaryl/α,β-unsaturated/α-hetero) is 1. The molecule has 0 aliphatic rings. The van der Waals surface area contributed by atoms with Gasteiger partial charge in [0.1, 0.15) is 4.83 Å². The van der Waals surface area contributed by atoms with Crippen LogP contribution >= 0.6 is 11.3 Å². The number of aryl methyl sites for hydroxylation is 1. The third-order valence-electron chi connectivity index (χ3n) is 5.00. The number of rotatable bonds is 6. The SMILES string of the molecule is CC(=O)Nc1ccc(C(=O)Cn2cnc3sc(C(=O)Nc4ccccc4)c(C)c3c2=O)cc1. The van der Waals surface area contributed by atoms with Crippen LogP contribution in [-0.4, -0.2) is 27.1 Å². The van der Waals surface area contributed by atoms with Gasteiger partial charge in [-0.25, -0.2) is 4.98 Å². The van der Waals surface area contributed by atoms with E-state index in [0.29, 0.717) is 37.6 Å². The lowest BCUT2D eigenvalue weighted by Gasteiger charge is -2.07. The zero-order valence-corrected chi connectivity index (χ0v) is 18.7. The van der Waals surface area contributed by atoms with Crippen LogP contribution in [0.3, 0.4) is 0 Å². The lowest BCUT2D eigenvalue weighted by molar-refractivity contribution is -0.114. The number of fused-ring (bicyclic) bond motifs is 1. The number of hydrogen-bond donors (Lipinski definition) is 2. The molecule has 0 atom stereocenters. The minimum atomic E-state index is -0.379. The van der Waals surface area contributed by atoms with Crippen molar-refractivity contribution in [3.05, 3.63) is 87.3 Å². The van der Waals surface area contributed by atoms with Crippen LogP contribution in [0.25, 0.3) is 10.2 Å². The molecule has 166 valence electrons. The van der Waals surface area contributed by atoms with E-state index in [2.05, 4.69) is 15.6 Å². The minimum absolute atomic E-state index is 0.192. The number of benzene rings is 2. The summed E-state index contributed by atoms with van der Waals surface area (Å²) in [5.41, 5.74) is 1.79. The molecule has 0 spiro atoms. The first-order chi connectivity index (χ1) is 15.8. The Hall–Kier alpha value is -4.11. The van der Waals surface area contributed by atoms with Crippen molar-refractivity contribution in [1.82, 2.24) is 9.55 Å². The van der Waals surface area contributed by atoms with Gasteiger partial charge in [0, 0.05) is 23.9 Å². The molecular formula is C24H20N4O4S. The van der Waals surface area contributed by atoms with Crippen molar-refractivity contribution in [3.63, 3.8) is 0 Å². The fourth-order valence-electron chi connectivity index (χ4n) is 3.39. The lowest BCUT2D eigenvalue weighted by atomic mass is 10.1. The van der Waals surface area contributed by atoms with E-state index in [9.17, 15) is 19.2 Å². The summed E-state index contributed by atoms with van der Waals surface area (Å²) in [5, 5.41) is 5.78. The van der Waals surface area contributed by atoms with Crippen LogP contribution in [0.1, 0.15) is 32.5 Å². The molecule has 0 unspecified atom stereocenters. The molecule has 2 N–H and O–H groups in total. The summed E-state index contributed by atoms with van der Waals surface area (Å²) in [7, 11) is 0. The molecule has 2 heterocycles. The fraction of sp³-hybridized carbons (Fsp3) is 0.125. The molecule has 8 nitrogen and oxygen atoms in total. The van der Waals surface area contributed by atoms with Gasteiger partial charge in [-0.15, -0.1) is 11.3 Å². The number of aromatic nitrogens is 2. The van der Waals surface area contributed by atoms with E-state index in [4.69, 9.17) is 0 Å². The molecule has 0 aliphatic carbocycles. The second-order valence-corrected chi connectivity index (χ2v) is 8.41. The maximum Gasteiger partial charge on any atom is 0.266 e. The first kappa shape index (κ1) is 22.1. The molecule has 2 aromatic carbocycles. The Morgan fingerprint density at radius 2 is 1.64 bits per heavy atom. The zero-order chi connectivity index (χ0) is 23.5. The maximum absolute atomic E-state index is 13.1. The number of carbonyl (C=O) groups excluding carboxylic acids is 3. The van der Waals surface area contributed by atoms with Gasteiger partial charge in [-0.1, -0.05) is 18.2 Å². The van der Waals surface area contributed by atoms with E-state index < -0.39 is 0 Å². The van der Waals surface area contributed by atoms with Crippen LogP contribution in [0.4, 0.5) is 11.4 Å². The molecule has 0 saturated carbocycles. The van der Waals surface area contributed by atoms with E-state index in [0.717, 1.165) is 11.3 Å². The van der Waals surface area contributed by atoms with Gasteiger partial charge in [0.05, 0.1) is 23.1 Å². The highest BCUT2D eigenvalue weighted by atomic mass is 32.1. The highest BCUT2D eigenvalue weighted by Crippen LogP contribution is 2.27. The molecule has 0 saturated heterocycles. The van der Waals surface area contributed by atoms with Crippen LogP contribution in [-0.2, 0) is 11.3 Å². The largest absolute Gasteiger partial charge is 0.326 e. The van der Waals surface area contributed by atoms with Gasteiger partial charge in [0.25, 0.3) is 11.5 Å². The Morgan fingerprint density at radius 1 is 0.970 bits per heavy atom. The van der Waals surface area contributed by atoms with Crippen LogP contribution < -0.4 is 16.2 Å². The van der Waals surface area contributed by atoms with E-state index in [1.54, 1.807) is 43.3 Å². The van der Waals surface area contributed by atoms with Crippen molar-refractivity contribution >= 4 is 50.5 Å². The second kappa shape index (κ2) is 9.17. The average molecular weight is 461 g/mol. The number of amides is 2. The predicted molar refractivity (Wildman–Crippen MR) is 128 cm³/mol. The molecule has 2 amide bonds. The van der Waals surface area contributed by atoms with Crippen LogP contribution in [0.5, 0.6) is 0 Å². The van der Waals surface area contributed by atoms with E-state index in [1.165, 1.54) is 17.8 Å². The fourth-order valence-corrected chi connectivity index (χ4v) is 4.42. The summed E-state index contributed by atoms with van der Waals surface area (Å²) in [6.07, 6.45) is 1.32. The molecule has 4 rings (SSSR count). The number of ketones is 1. The molecule has 33 heavy (non-hydrogen) atoms. The van der Waals surface area contributed by atoms with Gasteiger partial charge >= 0.3 is 0 Å². The van der Waals surface area contributed by atoms with Crippen molar-refractivity contribution < 1.29 is 14.4 Å². The Kier molecular flexibility index (Phi) is 6.14. The smallest absolute Gasteiger partial charge is 0.266 e. The number of para-hydroxylation sites is 1. The molecule has 0 bridgehead atoms.